The van der Waals surface area contributed by atoms with E-state index in [0.717, 1.165) is 18.8 Å². The van der Waals surface area contributed by atoms with Crippen molar-refractivity contribution in [3.8, 4) is 5.75 Å². The van der Waals surface area contributed by atoms with Crippen LogP contribution in [0.15, 0.2) is 24.3 Å². The van der Waals surface area contributed by atoms with Gasteiger partial charge in [-0.25, -0.2) is 0 Å². The summed E-state index contributed by atoms with van der Waals surface area (Å²) >= 11 is 0. The average molecular weight is 208 g/mol. The molecule has 0 fully saturated rings. The van der Waals surface area contributed by atoms with Gasteiger partial charge in [-0.05, 0) is 31.5 Å². The topological polar surface area (TPSA) is 47.3 Å². The molecule has 1 aromatic carbocycles. The molecule has 3 nitrogen and oxygen atoms in total. The molecule has 0 unspecified atom stereocenters. The third-order valence-electron chi connectivity index (χ3n) is 1.95. The van der Waals surface area contributed by atoms with Gasteiger partial charge < -0.3 is 15.8 Å². The molecule has 0 atom stereocenters. The van der Waals surface area contributed by atoms with Crippen molar-refractivity contribution in [3.05, 3.63) is 29.8 Å². The molecule has 0 amide bonds. The molecule has 0 aromatic heterocycles. The second-order valence-corrected chi connectivity index (χ2v) is 3.78. The molecular formula is C12H20N2O. The Kier molecular flexibility index (Phi) is 5.15. The largest absolute Gasteiger partial charge is 0.491 e. The lowest BCUT2D eigenvalue weighted by Crippen LogP contribution is -2.21. The highest BCUT2D eigenvalue weighted by Gasteiger charge is 1.97. The zero-order valence-electron chi connectivity index (χ0n) is 9.49. The number of nitrogens with two attached hydrogens (primary N) is 1. The molecule has 0 radical (unpaired) electrons. The number of benzene rings is 1. The molecular weight excluding hydrogens is 188 g/mol. The van der Waals surface area contributed by atoms with E-state index in [4.69, 9.17) is 10.5 Å². The molecule has 0 aliphatic carbocycles. The van der Waals surface area contributed by atoms with E-state index in [0.29, 0.717) is 6.54 Å². The van der Waals surface area contributed by atoms with E-state index in [-0.39, 0.29) is 6.10 Å². The van der Waals surface area contributed by atoms with Gasteiger partial charge in [0.1, 0.15) is 5.75 Å². The van der Waals surface area contributed by atoms with Gasteiger partial charge in [0, 0.05) is 19.6 Å². The minimum absolute atomic E-state index is 0.228. The first-order valence-corrected chi connectivity index (χ1v) is 5.38. The first-order valence-electron chi connectivity index (χ1n) is 5.38. The molecule has 0 aliphatic rings. The number of hydrogen-bond acceptors (Lipinski definition) is 3. The number of hydrogen-bond donors (Lipinski definition) is 2. The number of ether oxygens (including phenoxy) is 1. The van der Waals surface area contributed by atoms with Crippen LogP contribution in [-0.4, -0.2) is 19.2 Å². The van der Waals surface area contributed by atoms with Crippen LogP contribution in [-0.2, 0) is 6.54 Å². The van der Waals surface area contributed by atoms with E-state index < -0.39 is 0 Å². The summed E-state index contributed by atoms with van der Waals surface area (Å²) in [5, 5.41) is 3.25. The van der Waals surface area contributed by atoms with Crippen LogP contribution in [0.5, 0.6) is 5.75 Å². The fourth-order valence-electron chi connectivity index (χ4n) is 1.29. The molecule has 15 heavy (non-hydrogen) atoms. The van der Waals surface area contributed by atoms with Crippen LogP contribution in [0.1, 0.15) is 19.4 Å². The first kappa shape index (κ1) is 12.0. The van der Waals surface area contributed by atoms with Crippen LogP contribution in [0.25, 0.3) is 0 Å². The Bertz CT molecular complexity index is 269. The van der Waals surface area contributed by atoms with Gasteiger partial charge in [0.2, 0.25) is 0 Å². The van der Waals surface area contributed by atoms with Gasteiger partial charge in [-0.2, -0.15) is 0 Å². The maximum absolute atomic E-state index is 5.55. The molecule has 0 spiro atoms. The molecule has 1 rings (SSSR count). The van der Waals surface area contributed by atoms with Crippen LogP contribution in [0.2, 0.25) is 0 Å². The Morgan fingerprint density at radius 3 is 2.47 bits per heavy atom. The zero-order chi connectivity index (χ0) is 11.1. The summed E-state index contributed by atoms with van der Waals surface area (Å²) in [6.45, 7) is 6.44. The van der Waals surface area contributed by atoms with E-state index in [2.05, 4.69) is 17.4 Å². The van der Waals surface area contributed by atoms with Crippen molar-refractivity contribution < 1.29 is 4.74 Å². The maximum Gasteiger partial charge on any atom is 0.119 e. The second-order valence-electron chi connectivity index (χ2n) is 3.78. The van der Waals surface area contributed by atoms with Gasteiger partial charge in [0.25, 0.3) is 0 Å². The van der Waals surface area contributed by atoms with E-state index in [1.807, 2.05) is 26.0 Å². The molecule has 84 valence electrons. The smallest absolute Gasteiger partial charge is 0.119 e. The summed E-state index contributed by atoms with van der Waals surface area (Å²) in [7, 11) is 0. The highest BCUT2D eigenvalue weighted by atomic mass is 16.5. The lowest BCUT2D eigenvalue weighted by Gasteiger charge is -2.10. The molecule has 0 saturated carbocycles. The highest BCUT2D eigenvalue weighted by Crippen LogP contribution is 2.13. The standard InChI is InChI=1S/C12H20N2O/c1-10(2)15-12-5-3-11(4-6-12)9-14-8-7-13/h3-6,10,14H,7-9,13H2,1-2H3. The van der Waals surface area contributed by atoms with Crippen molar-refractivity contribution in [2.75, 3.05) is 13.1 Å². The maximum atomic E-state index is 5.55. The first-order chi connectivity index (χ1) is 7.22. The van der Waals surface area contributed by atoms with E-state index in [9.17, 15) is 0 Å². The minimum atomic E-state index is 0.228. The summed E-state index contributed by atoms with van der Waals surface area (Å²) in [5.41, 5.74) is 6.64. The lowest BCUT2D eigenvalue weighted by atomic mass is 10.2. The Morgan fingerprint density at radius 1 is 1.27 bits per heavy atom. The van der Waals surface area contributed by atoms with Crippen LogP contribution in [0.4, 0.5) is 0 Å². The molecule has 3 N–H and O–H groups in total. The monoisotopic (exact) mass is 208 g/mol. The van der Waals surface area contributed by atoms with Crippen LogP contribution >= 0.6 is 0 Å². The Morgan fingerprint density at radius 2 is 1.93 bits per heavy atom. The summed E-state index contributed by atoms with van der Waals surface area (Å²) in [4.78, 5) is 0. The van der Waals surface area contributed by atoms with Gasteiger partial charge in [-0.3, -0.25) is 0 Å². The fraction of sp³-hybridized carbons (Fsp3) is 0.500. The quantitative estimate of drug-likeness (QED) is 0.697. The molecule has 3 heteroatoms. The third kappa shape index (κ3) is 4.81. The van der Waals surface area contributed by atoms with Crippen molar-refractivity contribution in [1.29, 1.82) is 0 Å². The van der Waals surface area contributed by atoms with Gasteiger partial charge in [-0.15, -0.1) is 0 Å². The predicted octanol–water partition coefficient (Wildman–Crippen LogP) is 1.52. The minimum Gasteiger partial charge on any atom is -0.491 e. The molecule has 0 bridgehead atoms. The number of nitrogens with one attached hydrogen (secondary N) is 1. The lowest BCUT2D eigenvalue weighted by molar-refractivity contribution is 0.242. The van der Waals surface area contributed by atoms with Gasteiger partial charge in [-0.1, -0.05) is 12.1 Å². The van der Waals surface area contributed by atoms with E-state index >= 15 is 0 Å². The van der Waals surface area contributed by atoms with Crippen molar-refractivity contribution >= 4 is 0 Å². The molecule has 0 heterocycles. The summed E-state index contributed by atoms with van der Waals surface area (Å²) < 4.78 is 5.55. The normalized spacial score (nSPS) is 10.7. The van der Waals surface area contributed by atoms with Crippen molar-refractivity contribution in [2.45, 2.75) is 26.5 Å². The molecule has 0 aliphatic heterocycles. The summed E-state index contributed by atoms with van der Waals surface area (Å²) in [5.74, 6) is 0.924. The zero-order valence-corrected chi connectivity index (χ0v) is 9.49. The fourth-order valence-corrected chi connectivity index (χ4v) is 1.29. The Labute approximate surface area is 91.6 Å². The Balaban J connectivity index is 2.42. The predicted molar refractivity (Wildman–Crippen MR) is 63.0 cm³/mol. The number of rotatable bonds is 6. The summed E-state index contributed by atoms with van der Waals surface area (Å²) in [6.07, 6.45) is 0.228. The van der Waals surface area contributed by atoms with Crippen molar-refractivity contribution in [1.82, 2.24) is 5.32 Å². The SMILES string of the molecule is CC(C)Oc1ccc(CNCCN)cc1. The van der Waals surface area contributed by atoms with Crippen LogP contribution < -0.4 is 15.8 Å². The van der Waals surface area contributed by atoms with Crippen molar-refractivity contribution in [2.24, 2.45) is 5.73 Å². The molecule has 1 aromatic rings. The molecule has 0 saturated heterocycles. The average Bonchev–Trinajstić information content (AvgIpc) is 2.20. The van der Waals surface area contributed by atoms with E-state index in [1.165, 1.54) is 5.56 Å². The summed E-state index contributed by atoms with van der Waals surface area (Å²) in [6, 6.07) is 8.14. The second kappa shape index (κ2) is 6.43. The van der Waals surface area contributed by atoms with Crippen LogP contribution in [0, 0.1) is 0 Å². The van der Waals surface area contributed by atoms with Crippen LogP contribution in [0.3, 0.4) is 0 Å². The van der Waals surface area contributed by atoms with E-state index in [1.54, 1.807) is 0 Å². The third-order valence-corrected chi connectivity index (χ3v) is 1.95. The Hall–Kier alpha value is -1.06. The highest BCUT2D eigenvalue weighted by molar-refractivity contribution is 5.27. The van der Waals surface area contributed by atoms with Gasteiger partial charge in [0.05, 0.1) is 6.10 Å². The van der Waals surface area contributed by atoms with Gasteiger partial charge >= 0.3 is 0 Å². The van der Waals surface area contributed by atoms with Crippen molar-refractivity contribution in [3.63, 3.8) is 0 Å². The van der Waals surface area contributed by atoms with Gasteiger partial charge in [0.15, 0.2) is 0 Å².